The number of aromatic amines is 1. The van der Waals surface area contributed by atoms with Crippen molar-refractivity contribution >= 4 is 17.6 Å². The van der Waals surface area contributed by atoms with Gasteiger partial charge >= 0.3 is 5.97 Å². The SMILES string of the molecule is Cc1[nH]c(C(=O)OCC(=O)N2c3ccccc3C[C@@H]2C)c(C)c1[C@H](C)O. The van der Waals surface area contributed by atoms with Gasteiger partial charge in [0.15, 0.2) is 6.61 Å². The third kappa shape index (κ3) is 3.12. The Labute approximate surface area is 152 Å². The van der Waals surface area contributed by atoms with E-state index < -0.39 is 12.1 Å². The third-order valence-corrected chi connectivity index (χ3v) is 4.92. The molecule has 1 aliphatic rings. The van der Waals surface area contributed by atoms with E-state index in [0.717, 1.165) is 23.4 Å². The highest BCUT2D eigenvalue weighted by molar-refractivity contribution is 5.99. The number of para-hydroxylation sites is 1. The smallest absolute Gasteiger partial charge is 0.355 e. The summed E-state index contributed by atoms with van der Waals surface area (Å²) in [6.45, 7) is 6.85. The van der Waals surface area contributed by atoms with Crippen molar-refractivity contribution in [1.82, 2.24) is 4.98 Å². The Balaban J connectivity index is 1.71. The number of rotatable bonds is 4. The van der Waals surface area contributed by atoms with E-state index in [9.17, 15) is 14.7 Å². The van der Waals surface area contributed by atoms with Crippen LogP contribution in [0.15, 0.2) is 24.3 Å². The second-order valence-corrected chi connectivity index (χ2v) is 6.86. The zero-order chi connectivity index (χ0) is 19.0. The van der Waals surface area contributed by atoms with Crippen molar-refractivity contribution in [3.8, 4) is 0 Å². The molecule has 0 saturated carbocycles. The van der Waals surface area contributed by atoms with Gasteiger partial charge in [0.2, 0.25) is 0 Å². The molecule has 1 aliphatic heterocycles. The van der Waals surface area contributed by atoms with E-state index >= 15 is 0 Å². The number of aliphatic hydroxyl groups is 1. The second kappa shape index (κ2) is 6.96. The van der Waals surface area contributed by atoms with Crippen LogP contribution < -0.4 is 4.90 Å². The molecule has 138 valence electrons. The lowest BCUT2D eigenvalue weighted by molar-refractivity contribution is -0.122. The first kappa shape index (κ1) is 18.2. The number of benzene rings is 1. The Hall–Kier alpha value is -2.60. The fraction of sp³-hybridized carbons (Fsp3) is 0.400. The number of aliphatic hydroxyl groups excluding tert-OH is 1. The van der Waals surface area contributed by atoms with Gasteiger partial charge in [-0.05, 0) is 51.3 Å². The monoisotopic (exact) mass is 356 g/mol. The van der Waals surface area contributed by atoms with Crippen molar-refractivity contribution in [3.63, 3.8) is 0 Å². The largest absolute Gasteiger partial charge is 0.451 e. The van der Waals surface area contributed by atoms with Crippen LogP contribution in [0.1, 0.15) is 52.8 Å². The lowest BCUT2D eigenvalue weighted by Gasteiger charge is -2.22. The molecule has 3 rings (SSSR count). The highest BCUT2D eigenvalue weighted by Gasteiger charge is 2.31. The zero-order valence-electron chi connectivity index (χ0n) is 15.5. The number of hydrogen-bond acceptors (Lipinski definition) is 4. The molecule has 26 heavy (non-hydrogen) atoms. The van der Waals surface area contributed by atoms with Gasteiger partial charge < -0.3 is 19.7 Å². The first-order chi connectivity index (χ1) is 12.3. The topological polar surface area (TPSA) is 82.6 Å². The van der Waals surface area contributed by atoms with Crippen LogP contribution in [0, 0.1) is 13.8 Å². The molecule has 1 aromatic heterocycles. The highest BCUT2D eigenvalue weighted by Crippen LogP contribution is 2.32. The maximum Gasteiger partial charge on any atom is 0.355 e. The van der Waals surface area contributed by atoms with Crippen molar-refractivity contribution in [1.29, 1.82) is 0 Å². The lowest BCUT2D eigenvalue weighted by Crippen LogP contribution is -2.38. The van der Waals surface area contributed by atoms with Crippen molar-refractivity contribution in [2.24, 2.45) is 0 Å². The average molecular weight is 356 g/mol. The molecular formula is C20H24N2O4. The molecule has 0 unspecified atom stereocenters. The first-order valence-corrected chi connectivity index (χ1v) is 8.75. The van der Waals surface area contributed by atoms with E-state index in [-0.39, 0.29) is 24.2 Å². The van der Waals surface area contributed by atoms with Gasteiger partial charge in [0.1, 0.15) is 5.69 Å². The fourth-order valence-corrected chi connectivity index (χ4v) is 3.81. The standard InChI is InChI=1S/C20H24N2O4/c1-11-9-15-7-5-6-8-16(15)22(11)17(24)10-26-20(25)19-12(2)18(14(4)23)13(3)21-19/h5-8,11,14,21,23H,9-10H2,1-4H3/t11-,14-/m0/s1. The molecular weight excluding hydrogens is 332 g/mol. The Morgan fingerprint density at radius 2 is 2.04 bits per heavy atom. The number of aromatic nitrogens is 1. The molecule has 2 aromatic rings. The van der Waals surface area contributed by atoms with Gasteiger partial charge in [0.05, 0.1) is 6.10 Å². The van der Waals surface area contributed by atoms with Crippen molar-refractivity contribution < 1.29 is 19.4 Å². The molecule has 2 atom stereocenters. The third-order valence-electron chi connectivity index (χ3n) is 4.92. The van der Waals surface area contributed by atoms with Crippen LogP contribution in [0.5, 0.6) is 0 Å². The van der Waals surface area contributed by atoms with Crippen LogP contribution in [0.4, 0.5) is 5.69 Å². The molecule has 1 amide bonds. The van der Waals surface area contributed by atoms with Gasteiger partial charge in [-0.2, -0.15) is 0 Å². The van der Waals surface area contributed by atoms with Crippen molar-refractivity contribution in [2.45, 2.75) is 46.3 Å². The molecule has 0 saturated heterocycles. The number of anilines is 1. The maximum atomic E-state index is 12.6. The average Bonchev–Trinajstić information content (AvgIpc) is 3.07. The molecule has 2 heterocycles. The minimum absolute atomic E-state index is 0.0370. The summed E-state index contributed by atoms with van der Waals surface area (Å²) >= 11 is 0. The van der Waals surface area contributed by atoms with Crippen LogP contribution >= 0.6 is 0 Å². The van der Waals surface area contributed by atoms with E-state index in [4.69, 9.17) is 4.74 Å². The van der Waals surface area contributed by atoms with E-state index in [1.807, 2.05) is 31.2 Å². The molecule has 0 bridgehead atoms. The van der Waals surface area contributed by atoms with Gasteiger partial charge in [-0.3, -0.25) is 4.79 Å². The van der Waals surface area contributed by atoms with Gasteiger partial charge in [-0.1, -0.05) is 18.2 Å². The summed E-state index contributed by atoms with van der Waals surface area (Å²) < 4.78 is 5.25. The molecule has 1 aromatic carbocycles. The summed E-state index contributed by atoms with van der Waals surface area (Å²) in [7, 11) is 0. The maximum absolute atomic E-state index is 12.6. The van der Waals surface area contributed by atoms with E-state index in [0.29, 0.717) is 11.1 Å². The number of nitrogens with one attached hydrogen (secondary N) is 1. The zero-order valence-corrected chi connectivity index (χ0v) is 15.5. The number of carbonyl (C=O) groups excluding carboxylic acids is 2. The lowest BCUT2D eigenvalue weighted by atomic mass is 10.1. The number of amides is 1. The Morgan fingerprint density at radius 3 is 2.69 bits per heavy atom. The molecule has 0 aliphatic carbocycles. The van der Waals surface area contributed by atoms with Crippen LogP contribution in [0.3, 0.4) is 0 Å². The van der Waals surface area contributed by atoms with Gasteiger partial charge in [-0.25, -0.2) is 4.79 Å². The summed E-state index contributed by atoms with van der Waals surface area (Å²) in [5.41, 5.74) is 4.33. The summed E-state index contributed by atoms with van der Waals surface area (Å²) in [5, 5.41) is 9.83. The minimum atomic E-state index is -0.684. The summed E-state index contributed by atoms with van der Waals surface area (Å²) in [6, 6.07) is 7.80. The summed E-state index contributed by atoms with van der Waals surface area (Å²) in [6.07, 6.45) is 0.110. The Kier molecular flexibility index (Phi) is 4.87. The highest BCUT2D eigenvalue weighted by atomic mass is 16.5. The molecule has 2 N–H and O–H groups in total. The van der Waals surface area contributed by atoms with Crippen LogP contribution in [-0.4, -0.2) is 34.6 Å². The number of fused-ring (bicyclic) bond motifs is 1. The number of ether oxygens (including phenoxy) is 1. The van der Waals surface area contributed by atoms with Crippen molar-refractivity contribution in [3.05, 3.63) is 52.3 Å². The van der Waals surface area contributed by atoms with E-state index in [2.05, 4.69) is 4.98 Å². The van der Waals surface area contributed by atoms with Gasteiger partial charge in [-0.15, -0.1) is 0 Å². The predicted octanol–water partition coefficient (Wildman–Crippen LogP) is 2.82. The number of H-pyrrole nitrogens is 1. The van der Waals surface area contributed by atoms with Gasteiger partial charge in [0, 0.05) is 23.0 Å². The van der Waals surface area contributed by atoms with Crippen molar-refractivity contribution in [2.75, 3.05) is 11.5 Å². The quantitative estimate of drug-likeness (QED) is 0.825. The molecule has 0 fully saturated rings. The predicted molar refractivity (Wildman–Crippen MR) is 98.3 cm³/mol. The molecule has 0 radical (unpaired) electrons. The molecule has 6 nitrogen and oxygen atoms in total. The Morgan fingerprint density at radius 1 is 1.35 bits per heavy atom. The number of carbonyl (C=O) groups is 2. The fourth-order valence-electron chi connectivity index (χ4n) is 3.81. The molecule has 0 spiro atoms. The second-order valence-electron chi connectivity index (χ2n) is 6.86. The normalized spacial score (nSPS) is 17.1. The van der Waals surface area contributed by atoms with Gasteiger partial charge in [0.25, 0.3) is 5.91 Å². The van der Waals surface area contributed by atoms with Crippen LogP contribution in [0.25, 0.3) is 0 Å². The number of hydrogen-bond donors (Lipinski definition) is 2. The van der Waals surface area contributed by atoms with E-state index in [1.165, 1.54) is 0 Å². The number of aryl methyl sites for hydroxylation is 1. The number of esters is 1. The summed E-state index contributed by atoms with van der Waals surface area (Å²) in [4.78, 5) is 29.7. The summed E-state index contributed by atoms with van der Waals surface area (Å²) in [5.74, 6) is -0.835. The molecule has 6 heteroatoms. The van der Waals surface area contributed by atoms with E-state index in [1.54, 1.807) is 25.7 Å². The Bertz CT molecular complexity index is 853. The van der Waals surface area contributed by atoms with Crippen LogP contribution in [0.2, 0.25) is 0 Å². The van der Waals surface area contributed by atoms with Crippen LogP contribution in [-0.2, 0) is 16.0 Å². The minimum Gasteiger partial charge on any atom is -0.451 e. The first-order valence-electron chi connectivity index (χ1n) is 8.75. The number of nitrogens with zero attached hydrogens (tertiary/aromatic N) is 1.